The fraction of sp³-hybridized carbons (Fsp3) is 1.00. The molecule has 1 saturated heterocycles. The van der Waals surface area contributed by atoms with Crippen LogP contribution >= 0.6 is 0 Å². The molecule has 4 nitrogen and oxygen atoms in total. The molecule has 0 aromatic rings. The Morgan fingerprint density at radius 1 is 0.406 bits per heavy atom. The third-order valence-corrected chi connectivity index (χ3v) is 7.28. The Hall–Kier alpha value is -0.160. The number of rotatable bonds is 14. The lowest BCUT2D eigenvalue weighted by Crippen LogP contribution is -2.40. The van der Waals surface area contributed by atoms with E-state index < -0.39 is 0 Å². The first kappa shape index (κ1) is 29.9. The molecule has 0 saturated carbocycles. The van der Waals surface area contributed by atoms with Gasteiger partial charge in [0.05, 0.1) is 0 Å². The van der Waals surface area contributed by atoms with Gasteiger partial charge in [-0.2, -0.15) is 0 Å². The quantitative estimate of drug-likeness (QED) is 0.301. The summed E-state index contributed by atoms with van der Waals surface area (Å²) in [4.78, 5) is 10.7. The van der Waals surface area contributed by atoms with E-state index in [1.807, 2.05) is 0 Å². The largest absolute Gasteiger partial charge is 0.305 e. The molecule has 0 spiro atoms. The average Bonchev–Trinajstić information content (AvgIpc) is 2.79. The predicted molar refractivity (Wildman–Crippen MR) is 144 cm³/mol. The van der Waals surface area contributed by atoms with Crippen LogP contribution in [0.1, 0.15) is 104 Å². The molecule has 0 amide bonds. The molecule has 0 aromatic heterocycles. The molecule has 0 unspecified atom stereocenters. The van der Waals surface area contributed by atoms with E-state index in [4.69, 9.17) is 0 Å². The summed E-state index contributed by atoms with van der Waals surface area (Å²) in [5.41, 5.74) is 0. The van der Waals surface area contributed by atoms with Crippen LogP contribution in [0.4, 0.5) is 0 Å². The van der Waals surface area contributed by atoms with E-state index in [1.165, 1.54) is 155 Å². The van der Waals surface area contributed by atoms with Crippen molar-refractivity contribution in [2.75, 3.05) is 79.5 Å². The first-order valence-electron chi connectivity index (χ1n) is 14.5. The molecular formula is C28H60N4. The highest BCUT2D eigenvalue weighted by Gasteiger charge is 2.12. The average molecular weight is 453 g/mol. The topological polar surface area (TPSA) is 13.0 Å². The van der Waals surface area contributed by atoms with Gasteiger partial charge in [0.1, 0.15) is 0 Å². The summed E-state index contributed by atoms with van der Waals surface area (Å²) in [5.74, 6) is 0. The number of unbranched alkanes of at least 4 members (excludes halogenated alkanes) is 10. The molecular weight excluding hydrogens is 392 g/mol. The summed E-state index contributed by atoms with van der Waals surface area (Å²) in [7, 11) is 4.61. The standard InChI is InChI=1S/C28H60N4/c1-5-7-9-11-13-15-21-31-23-17-19-29(3)25-26-30(4)20-18-24-32(28-27-31)22-16-14-12-10-8-6-2/h5-28H2,1-4H3. The first-order chi connectivity index (χ1) is 15.7. The molecule has 192 valence electrons. The van der Waals surface area contributed by atoms with Crippen LogP contribution in [0.25, 0.3) is 0 Å². The van der Waals surface area contributed by atoms with Crippen molar-refractivity contribution in [1.29, 1.82) is 0 Å². The van der Waals surface area contributed by atoms with Gasteiger partial charge in [-0.3, -0.25) is 0 Å². The maximum absolute atomic E-state index is 2.79. The lowest BCUT2D eigenvalue weighted by atomic mass is 10.1. The van der Waals surface area contributed by atoms with Gasteiger partial charge in [0.15, 0.2) is 0 Å². The van der Waals surface area contributed by atoms with Gasteiger partial charge in [-0.25, -0.2) is 0 Å². The van der Waals surface area contributed by atoms with Crippen LogP contribution in [0, 0.1) is 0 Å². The Kier molecular flexibility index (Phi) is 20.0. The van der Waals surface area contributed by atoms with Gasteiger partial charge in [-0.05, 0) is 79.0 Å². The van der Waals surface area contributed by atoms with Crippen molar-refractivity contribution in [3.05, 3.63) is 0 Å². The van der Waals surface area contributed by atoms with Crippen molar-refractivity contribution in [3.8, 4) is 0 Å². The Bertz CT molecular complexity index is 354. The Morgan fingerprint density at radius 3 is 1.19 bits per heavy atom. The number of nitrogens with zero attached hydrogens (tertiary/aromatic N) is 4. The second kappa shape index (κ2) is 21.4. The smallest absolute Gasteiger partial charge is 0.0109 e. The summed E-state index contributed by atoms with van der Waals surface area (Å²) in [6.07, 6.45) is 19.5. The van der Waals surface area contributed by atoms with E-state index in [2.05, 4.69) is 47.5 Å². The third-order valence-electron chi connectivity index (χ3n) is 7.28. The van der Waals surface area contributed by atoms with E-state index in [-0.39, 0.29) is 0 Å². The third kappa shape index (κ3) is 17.3. The predicted octanol–water partition coefficient (Wildman–Crippen LogP) is 5.97. The van der Waals surface area contributed by atoms with Crippen LogP contribution in [-0.2, 0) is 0 Å². The van der Waals surface area contributed by atoms with Crippen LogP contribution in [0.5, 0.6) is 0 Å². The summed E-state index contributed by atoms with van der Waals surface area (Å²) < 4.78 is 0. The Balaban J connectivity index is 2.49. The van der Waals surface area contributed by atoms with Crippen molar-refractivity contribution >= 4 is 0 Å². The van der Waals surface area contributed by atoms with Crippen LogP contribution in [0.2, 0.25) is 0 Å². The lowest BCUT2D eigenvalue weighted by molar-refractivity contribution is 0.172. The zero-order valence-electron chi connectivity index (χ0n) is 22.8. The van der Waals surface area contributed by atoms with Gasteiger partial charge in [0, 0.05) is 26.2 Å². The Labute approximate surface area is 203 Å². The molecule has 1 aliphatic heterocycles. The highest BCUT2D eigenvalue weighted by atomic mass is 15.2. The van der Waals surface area contributed by atoms with Gasteiger partial charge >= 0.3 is 0 Å². The van der Waals surface area contributed by atoms with E-state index in [9.17, 15) is 0 Å². The molecule has 0 aromatic carbocycles. The van der Waals surface area contributed by atoms with Crippen molar-refractivity contribution in [2.24, 2.45) is 0 Å². The molecule has 1 rings (SSSR count). The van der Waals surface area contributed by atoms with E-state index in [1.54, 1.807) is 0 Å². The molecule has 4 heteroatoms. The maximum Gasteiger partial charge on any atom is 0.0109 e. The minimum atomic E-state index is 1.20. The number of hydrogen-bond donors (Lipinski definition) is 0. The van der Waals surface area contributed by atoms with Gasteiger partial charge in [-0.15, -0.1) is 0 Å². The summed E-state index contributed by atoms with van der Waals surface area (Å²) in [6, 6.07) is 0. The van der Waals surface area contributed by atoms with E-state index in [0.717, 1.165) is 0 Å². The second-order valence-electron chi connectivity index (χ2n) is 10.5. The second-order valence-corrected chi connectivity index (χ2v) is 10.5. The van der Waals surface area contributed by atoms with Gasteiger partial charge in [-0.1, -0.05) is 78.1 Å². The molecule has 0 bridgehead atoms. The zero-order chi connectivity index (χ0) is 23.3. The van der Waals surface area contributed by atoms with Crippen LogP contribution in [-0.4, -0.2) is 99.1 Å². The molecule has 0 aliphatic carbocycles. The fourth-order valence-corrected chi connectivity index (χ4v) is 4.88. The minimum Gasteiger partial charge on any atom is -0.305 e. The molecule has 1 aliphatic rings. The fourth-order valence-electron chi connectivity index (χ4n) is 4.88. The van der Waals surface area contributed by atoms with Gasteiger partial charge in [0.25, 0.3) is 0 Å². The van der Waals surface area contributed by atoms with Crippen molar-refractivity contribution in [1.82, 2.24) is 19.6 Å². The molecule has 0 N–H and O–H groups in total. The number of hydrogen-bond acceptors (Lipinski definition) is 4. The molecule has 0 atom stereocenters. The van der Waals surface area contributed by atoms with Crippen molar-refractivity contribution in [3.63, 3.8) is 0 Å². The van der Waals surface area contributed by atoms with E-state index >= 15 is 0 Å². The molecule has 32 heavy (non-hydrogen) atoms. The van der Waals surface area contributed by atoms with Crippen LogP contribution < -0.4 is 0 Å². The summed E-state index contributed by atoms with van der Waals surface area (Å²) >= 11 is 0. The van der Waals surface area contributed by atoms with Gasteiger partial charge in [0.2, 0.25) is 0 Å². The van der Waals surface area contributed by atoms with Gasteiger partial charge < -0.3 is 19.6 Å². The summed E-state index contributed by atoms with van der Waals surface area (Å²) in [6.45, 7) is 17.2. The highest BCUT2D eigenvalue weighted by molar-refractivity contribution is 4.68. The Morgan fingerprint density at radius 2 is 0.781 bits per heavy atom. The first-order valence-corrected chi connectivity index (χ1v) is 14.5. The molecule has 0 radical (unpaired) electrons. The maximum atomic E-state index is 2.79. The van der Waals surface area contributed by atoms with Crippen molar-refractivity contribution in [2.45, 2.75) is 104 Å². The zero-order valence-corrected chi connectivity index (χ0v) is 22.8. The normalized spacial score (nSPS) is 19.9. The van der Waals surface area contributed by atoms with Crippen LogP contribution in [0.3, 0.4) is 0 Å². The van der Waals surface area contributed by atoms with Crippen molar-refractivity contribution < 1.29 is 0 Å². The molecule has 1 fully saturated rings. The lowest BCUT2D eigenvalue weighted by Gasteiger charge is -2.30. The number of likely N-dealkylation sites (N-methyl/N-ethyl adjacent to an activating group) is 2. The minimum absolute atomic E-state index is 1.20. The molecule has 1 heterocycles. The van der Waals surface area contributed by atoms with Crippen LogP contribution in [0.15, 0.2) is 0 Å². The SMILES string of the molecule is CCCCCCCCN1CCCN(C)CCN(C)CCCN(CCCCCCCC)CC1. The monoisotopic (exact) mass is 452 g/mol. The highest BCUT2D eigenvalue weighted by Crippen LogP contribution is 2.09. The van der Waals surface area contributed by atoms with E-state index in [0.29, 0.717) is 0 Å². The summed E-state index contributed by atoms with van der Waals surface area (Å²) in [5, 5.41) is 0.